The predicted molar refractivity (Wildman–Crippen MR) is 88.0 cm³/mol. The maximum Gasteiger partial charge on any atom is 0.176 e. The molecule has 0 heterocycles. The molecule has 0 bridgehead atoms. The Hall–Kier alpha value is -0.195. The summed E-state index contributed by atoms with van der Waals surface area (Å²) < 4.78 is 0. The van der Waals surface area contributed by atoms with Crippen LogP contribution in [0.5, 0.6) is 0 Å². The average molecular weight is 260 g/mol. The Bertz CT molecular complexity index is 262. The van der Waals surface area contributed by atoms with Crippen LogP contribution in [0.4, 0.5) is 0 Å². The van der Waals surface area contributed by atoms with Gasteiger partial charge in [-0.1, -0.05) is 103 Å². The number of hydrogen-bond acceptors (Lipinski definition) is 0. The molecule has 2 saturated carbocycles. The van der Waals surface area contributed by atoms with Crippen molar-refractivity contribution in [2.75, 3.05) is 0 Å². The maximum absolute atomic E-state index is 2.56. The standard InChI is InChI=1S/C18H33B/c1-15(2)14-16(3)19(17-10-6-4-7-11-17)18-12-8-5-9-13-18/h14-15,17-18H,4-13H2,1-3H3/b16-14+. The zero-order chi connectivity index (χ0) is 13.7. The molecule has 2 aliphatic carbocycles. The molecule has 108 valence electrons. The first-order chi connectivity index (χ1) is 9.18. The lowest BCUT2D eigenvalue weighted by molar-refractivity contribution is 0.463. The van der Waals surface area contributed by atoms with Crippen LogP contribution in [0, 0.1) is 5.92 Å². The van der Waals surface area contributed by atoms with E-state index < -0.39 is 0 Å². The lowest BCUT2D eigenvalue weighted by atomic mass is 9.27. The highest BCUT2D eigenvalue weighted by Gasteiger charge is 2.35. The average Bonchev–Trinajstić information content (AvgIpc) is 2.40. The normalized spacial score (nSPS) is 23.9. The first kappa shape index (κ1) is 15.2. The van der Waals surface area contributed by atoms with Crippen LogP contribution in [0.3, 0.4) is 0 Å². The summed E-state index contributed by atoms with van der Waals surface area (Å²) in [5.41, 5.74) is 1.73. The first-order valence-electron chi connectivity index (χ1n) is 8.87. The largest absolute Gasteiger partial charge is 0.176 e. The third kappa shape index (κ3) is 4.40. The Morgan fingerprint density at radius 3 is 1.63 bits per heavy atom. The van der Waals surface area contributed by atoms with Gasteiger partial charge in [-0.15, -0.1) is 5.47 Å². The second-order valence-electron chi connectivity index (χ2n) is 7.48. The van der Waals surface area contributed by atoms with Gasteiger partial charge >= 0.3 is 0 Å². The van der Waals surface area contributed by atoms with Crippen LogP contribution in [-0.4, -0.2) is 6.71 Å². The molecular formula is C18H33B. The Morgan fingerprint density at radius 2 is 1.26 bits per heavy atom. The van der Waals surface area contributed by atoms with E-state index in [4.69, 9.17) is 0 Å². The molecular weight excluding hydrogens is 227 g/mol. The van der Waals surface area contributed by atoms with Gasteiger partial charge in [0.15, 0.2) is 6.71 Å². The minimum Gasteiger partial charge on any atom is -0.107 e. The molecule has 0 aromatic heterocycles. The minimum atomic E-state index is 0.717. The molecule has 0 nitrogen and oxygen atoms in total. The lowest BCUT2D eigenvalue weighted by Crippen LogP contribution is -2.32. The highest BCUT2D eigenvalue weighted by Crippen LogP contribution is 2.43. The fourth-order valence-electron chi connectivity index (χ4n) is 4.75. The summed E-state index contributed by atoms with van der Waals surface area (Å²) in [6.07, 6.45) is 17.5. The van der Waals surface area contributed by atoms with Crippen LogP contribution in [0.25, 0.3) is 0 Å². The van der Waals surface area contributed by atoms with Gasteiger partial charge in [-0.2, -0.15) is 0 Å². The Labute approximate surface area is 121 Å². The molecule has 0 N–H and O–H groups in total. The fraction of sp³-hybridized carbons (Fsp3) is 0.889. The van der Waals surface area contributed by atoms with Crippen molar-refractivity contribution in [3.05, 3.63) is 11.5 Å². The van der Waals surface area contributed by atoms with Crippen molar-refractivity contribution in [1.29, 1.82) is 0 Å². The molecule has 2 fully saturated rings. The highest BCUT2D eigenvalue weighted by molar-refractivity contribution is 6.69. The van der Waals surface area contributed by atoms with Crippen LogP contribution in [0.2, 0.25) is 11.6 Å². The van der Waals surface area contributed by atoms with Gasteiger partial charge in [-0.25, -0.2) is 0 Å². The fourth-order valence-corrected chi connectivity index (χ4v) is 4.75. The number of allylic oxidation sites excluding steroid dienone is 2. The summed E-state index contributed by atoms with van der Waals surface area (Å²) in [5, 5.41) is 0. The van der Waals surface area contributed by atoms with E-state index in [-0.39, 0.29) is 0 Å². The molecule has 0 radical (unpaired) electrons. The van der Waals surface area contributed by atoms with Crippen LogP contribution in [-0.2, 0) is 0 Å². The molecule has 0 atom stereocenters. The van der Waals surface area contributed by atoms with Gasteiger partial charge in [0, 0.05) is 0 Å². The second-order valence-corrected chi connectivity index (χ2v) is 7.48. The first-order valence-corrected chi connectivity index (χ1v) is 8.87. The summed E-state index contributed by atoms with van der Waals surface area (Å²) >= 11 is 0. The van der Waals surface area contributed by atoms with Crippen molar-refractivity contribution in [1.82, 2.24) is 0 Å². The smallest absolute Gasteiger partial charge is 0.107 e. The number of rotatable bonds is 4. The molecule has 19 heavy (non-hydrogen) atoms. The highest BCUT2D eigenvalue weighted by atomic mass is 14.2. The molecule has 1 heteroatoms. The third-order valence-electron chi connectivity index (χ3n) is 5.44. The van der Waals surface area contributed by atoms with Gasteiger partial charge < -0.3 is 0 Å². The molecule has 0 spiro atoms. The van der Waals surface area contributed by atoms with E-state index in [2.05, 4.69) is 26.8 Å². The van der Waals surface area contributed by atoms with E-state index in [1.165, 1.54) is 64.2 Å². The van der Waals surface area contributed by atoms with E-state index in [9.17, 15) is 0 Å². The molecule has 0 saturated heterocycles. The van der Waals surface area contributed by atoms with Crippen LogP contribution >= 0.6 is 0 Å². The Kier molecular flexibility index (Phi) is 6.04. The molecule has 2 aliphatic rings. The lowest BCUT2D eigenvalue weighted by Gasteiger charge is -2.36. The van der Waals surface area contributed by atoms with E-state index in [1.807, 2.05) is 0 Å². The van der Waals surface area contributed by atoms with Gasteiger partial charge in [0.25, 0.3) is 0 Å². The molecule has 2 rings (SSSR count). The summed E-state index contributed by atoms with van der Waals surface area (Å²) in [6, 6.07) is 0. The summed E-state index contributed by atoms with van der Waals surface area (Å²) in [5.74, 6) is 2.73. The molecule has 0 aromatic rings. The van der Waals surface area contributed by atoms with E-state index in [1.54, 1.807) is 5.47 Å². The predicted octanol–water partition coefficient (Wildman–Crippen LogP) is 6.29. The monoisotopic (exact) mass is 260 g/mol. The van der Waals surface area contributed by atoms with Gasteiger partial charge in [0.1, 0.15) is 0 Å². The summed E-state index contributed by atoms with van der Waals surface area (Å²) in [7, 11) is 0. The van der Waals surface area contributed by atoms with E-state index in [0.717, 1.165) is 24.3 Å². The van der Waals surface area contributed by atoms with Crippen LogP contribution in [0.15, 0.2) is 11.5 Å². The molecule has 0 unspecified atom stereocenters. The van der Waals surface area contributed by atoms with Gasteiger partial charge in [-0.05, 0) is 5.92 Å². The van der Waals surface area contributed by atoms with Crippen molar-refractivity contribution in [2.24, 2.45) is 5.92 Å². The van der Waals surface area contributed by atoms with Crippen molar-refractivity contribution in [3.63, 3.8) is 0 Å². The van der Waals surface area contributed by atoms with Crippen molar-refractivity contribution in [3.8, 4) is 0 Å². The quantitative estimate of drug-likeness (QED) is 0.521. The zero-order valence-corrected chi connectivity index (χ0v) is 13.5. The van der Waals surface area contributed by atoms with Crippen molar-refractivity contribution < 1.29 is 0 Å². The Morgan fingerprint density at radius 1 is 0.842 bits per heavy atom. The van der Waals surface area contributed by atoms with Crippen molar-refractivity contribution in [2.45, 2.75) is 96.6 Å². The Balaban J connectivity index is 2.10. The van der Waals surface area contributed by atoms with Gasteiger partial charge in [0.2, 0.25) is 0 Å². The topological polar surface area (TPSA) is 0 Å². The SMILES string of the molecule is C/C(=C\C(C)C)B(C1CCCCC1)C1CCCCC1. The van der Waals surface area contributed by atoms with Crippen LogP contribution < -0.4 is 0 Å². The zero-order valence-electron chi connectivity index (χ0n) is 13.5. The van der Waals surface area contributed by atoms with Crippen molar-refractivity contribution >= 4 is 6.71 Å². The molecule has 0 aromatic carbocycles. The molecule has 0 aliphatic heterocycles. The minimum absolute atomic E-state index is 0.717. The third-order valence-corrected chi connectivity index (χ3v) is 5.44. The van der Waals surface area contributed by atoms with E-state index in [0.29, 0.717) is 0 Å². The summed E-state index contributed by atoms with van der Waals surface area (Å²) in [4.78, 5) is 0. The van der Waals surface area contributed by atoms with Gasteiger partial charge in [-0.3, -0.25) is 0 Å². The van der Waals surface area contributed by atoms with E-state index >= 15 is 0 Å². The number of hydrogen-bond donors (Lipinski definition) is 0. The van der Waals surface area contributed by atoms with Gasteiger partial charge in [0.05, 0.1) is 0 Å². The molecule has 0 amide bonds. The summed E-state index contributed by atoms with van der Waals surface area (Å²) in [6.45, 7) is 8.03. The maximum atomic E-state index is 2.56. The van der Waals surface area contributed by atoms with Crippen LogP contribution in [0.1, 0.15) is 85.0 Å². The second kappa shape index (κ2) is 7.55.